The van der Waals surface area contributed by atoms with Gasteiger partial charge in [0.2, 0.25) is 5.75 Å². The van der Waals surface area contributed by atoms with Crippen LogP contribution in [0.2, 0.25) is 0 Å². The molecule has 13 heavy (non-hydrogen) atoms. The van der Waals surface area contributed by atoms with Crippen molar-refractivity contribution in [3.63, 3.8) is 0 Å². The van der Waals surface area contributed by atoms with Crippen LogP contribution < -0.4 is 4.74 Å². The second-order valence-corrected chi connectivity index (χ2v) is 3.33. The van der Waals surface area contributed by atoms with Gasteiger partial charge >= 0.3 is 0 Å². The second kappa shape index (κ2) is 4.03. The number of phenolic OH excluding ortho intramolecular Hbond substituents is 2. The summed E-state index contributed by atoms with van der Waals surface area (Å²) in [6.45, 7) is 4.55. The molecule has 0 saturated carbocycles. The monoisotopic (exact) mass is 182 g/mol. The van der Waals surface area contributed by atoms with Crippen molar-refractivity contribution in [2.24, 2.45) is 5.92 Å². The standard InChI is InChI=1S/C10H14O3/c1-7(2)6-13-9-5-3-4-8(11)10(9)12/h3-5,7,11-12H,6H2,1-2H3. The van der Waals surface area contributed by atoms with Crippen molar-refractivity contribution in [1.82, 2.24) is 0 Å². The van der Waals surface area contributed by atoms with E-state index in [9.17, 15) is 5.11 Å². The van der Waals surface area contributed by atoms with Gasteiger partial charge in [-0.15, -0.1) is 0 Å². The predicted octanol–water partition coefficient (Wildman–Crippen LogP) is 2.13. The Kier molecular flexibility index (Phi) is 3.01. The Morgan fingerprint density at radius 2 is 2.00 bits per heavy atom. The molecule has 0 spiro atoms. The third-order valence-corrected chi connectivity index (χ3v) is 1.55. The van der Waals surface area contributed by atoms with Crippen LogP contribution in [0.25, 0.3) is 0 Å². The van der Waals surface area contributed by atoms with Gasteiger partial charge in [-0.05, 0) is 18.1 Å². The molecule has 0 radical (unpaired) electrons. The maximum atomic E-state index is 9.34. The van der Waals surface area contributed by atoms with Gasteiger partial charge in [-0.25, -0.2) is 0 Å². The Labute approximate surface area is 77.6 Å². The molecule has 3 heteroatoms. The quantitative estimate of drug-likeness (QED) is 0.704. The fourth-order valence-corrected chi connectivity index (χ4v) is 0.884. The molecule has 0 aliphatic rings. The Morgan fingerprint density at radius 1 is 1.31 bits per heavy atom. The van der Waals surface area contributed by atoms with Crippen LogP contribution in [0.1, 0.15) is 13.8 Å². The molecule has 0 saturated heterocycles. The van der Waals surface area contributed by atoms with Crippen LogP contribution in [-0.2, 0) is 0 Å². The maximum absolute atomic E-state index is 9.34. The molecule has 0 heterocycles. The normalized spacial score (nSPS) is 10.4. The lowest BCUT2D eigenvalue weighted by molar-refractivity contribution is 0.256. The Bertz CT molecular complexity index is 281. The first kappa shape index (κ1) is 9.71. The molecule has 0 aliphatic carbocycles. The van der Waals surface area contributed by atoms with Crippen LogP contribution in [0.4, 0.5) is 0 Å². The van der Waals surface area contributed by atoms with Gasteiger partial charge in [-0.2, -0.15) is 0 Å². The molecule has 72 valence electrons. The van der Waals surface area contributed by atoms with Crippen molar-refractivity contribution in [3.05, 3.63) is 18.2 Å². The van der Waals surface area contributed by atoms with Crippen molar-refractivity contribution in [3.8, 4) is 17.2 Å². The highest BCUT2D eigenvalue weighted by Crippen LogP contribution is 2.34. The molecule has 0 bridgehead atoms. The van der Waals surface area contributed by atoms with Crippen molar-refractivity contribution in [2.45, 2.75) is 13.8 Å². The summed E-state index contributed by atoms with van der Waals surface area (Å²) in [7, 11) is 0. The Morgan fingerprint density at radius 3 is 2.62 bits per heavy atom. The van der Waals surface area contributed by atoms with Crippen molar-refractivity contribution in [1.29, 1.82) is 0 Å². The van der Waals surface area contributed by atoms with Crippen molar-refractivity contribution in [2.75, 3.05) is 6.61 Å². The van der Waals surface area contributed by atoms with E-state index >= 15 is 0 Å². The number of aromatic hydroxyl groups is 2. The van der Waals surface area contributed by atoms with E-state index in [4.69, 9.17) is 9.84 Å². The molecule has 0 aromatic heterocycles. The van der Waals surface area contributed by atoms with Crippen LogP contribution in [0.5, 0.6) is 17.2 Å². The number of hydrogen-bond donors (Lipinski definition) is 2. The average Bonchev–Trinajstić information content (AvgIpc) is 2.07. The SMILES string of the molecule is CC(C)COc1cccc(O)c1O. The molecular formula is C10H14O3. The van der Waals surface area contributed by atoms with E-state index in [0.29, 0.717) is 18.3 Å². The third-order valence-electron chi connectivity index (χ3n) is 1.55. The van der Waals surface area contributed by atoms with E-state index in [1.165, 1.54) is 6.07 Å². The summed E-state index contributed by atoms with van der Waals surface area (Å²) in [5.74, 6) is 0.375. The zero-order valence-corrected chi connectivity index (χ0v) is 7.82. The van der Waals surface area contributed by atoms with Crippen LogP contribution in [0.15, 0.2) is 18.2 Å². The summed E-state index contributed by atoms with van der Waals surface area (Å²) in [4.78, 5) is 0. The van der Waals surface area contributed by atoms with Gasteiger partial charge in [-0.1, -0.05) is 19.9 Å². The maximum Gasteiger partial charge on any atom is 0.200 e. The minimum Gasteiger partial charge on any atom is -0.504 e. The van der Waals surface area contributed by atoms with E-state index in [1.807, 2.05) is 13.8 Å². The highest BCUT2D eigenvalue weighted by Gasteiger charge is 2.06. The van der Waals surface area contributed by atoms with Crippen LogP contribution in [-0.4, -0.2) is 16.8 Å². The largest absolute Gasteiger partial charge is 0.504 e. The average molecular weight is 182 g/mol. The van der Waals surface area contributed by atoms with E-state index < -0.39 is 0 Å². The first-order valence-corrected chi connectivity index (χ1v) is 4.25. The molecule has 0 unspecified atom stereocenters. The summed E-state index contributed by atoms with van der Waals surface area (Å²) in [5, 5.41) is 18.5. The molecular weight excluding hydrogens is 168 g/mol. The molecule has 3 nitrogen and oxygen atoms in total. The zero-order valence-electron chi connectivity index (χ0n) is 7.82. The van der Waals surface area contributed by atoms with Gasteiger partial charge < -0.3 is 14.9 Å². The topological polar surface area (TPSA) is 49.7 Å². The van der Waals surface area contributed by atoms with Crippen molar-refractivity contribution < 1.29 is 14.9 Å². The minimum atomic E-state index is -0.192. The van der Waals surface area contributed by atoms with E-state index in [1.54, 1.807) is 12.1 Å². The number of rotatable bonds is 3. The van der Waals surface area contributed by atoms with Gasteiger partial charge in [0, 0.05) is 0 Å². The molecule has 1 aromatic rings. The molecule has 2 N–H and O–H groups in total. The Balaban J connectivity index is 2.71. The molecule has 0 fully saturated rings. The lowest BCUT2D eigenvalue weighted by atomic mass is 10.2. The van der Waals surface area contributed by atoms with E-state index in [-0.39, 0.29) is 11.5 Å². The Hall–Kier alpha value is -1.38. The van der Waals surface area contributed by atoms with Crippen LogP contribution in [0, 0.1) is 5.92 Å². The van der Waals surface area contributed by atoms with Gasteiger partial charge in [0.1, 0.15) is 0 Å². The molecule has 0 amide bonds. The summed E-state index contributed by atoms with van der Waals surface area (Å²) in [5.41, 5.74) is 0. The predicted molar refractivity (Wildman–Crippen MR) is 50.1 cm³/mol. The highest BCUT2D eigenvalue weighted by atomic mass is 16.5. The van der Waals surface area contributed by atoms with Gasteiger partial charge in [0.15, 0.2) is 11.5 Å². The number of benzene rings is 1. The summed E-state index contributed by atoms with van der Waals surface area (Å²) < 4.78 is 5.27. The van der Waals surface area contributed by atoms with Gasteiger partial charge in [0.25, 0.3) is 0 Å². The lowest BCUT2D eigenvalue weighted by Gasteiger charge is -2.10. The second-order valence-electron chi connectivity index (χ2n) is 3.33. The number of para-hydroxylation sites is 1. The molecule has 0 aliphatic heterocycles. The van der Waals surface area contributed by atoms with Gasteiger partial charge in [0.05, 0.1) is 6.61 Å². The number of hydrogen-bond acceptors (Lipinski definition) is 3. The smallest absolute Gasteiger partial charge is 0.200 e. The fraction of sp³-hybridized carbons (Fsp3) is 0.400. The zero-order chi connectivity index (χ0) is 9.84. The molecule has 1 rings (SSSR count). The van der Waals surface area contributed by atoms with Gasteiger partial charge in [-0.3, -0.25) is 0 Å². The number of phenols is 2. The number of ether oxygens (including phenoxy) is 1. The molecule has 0 atom stereocenters. The molecule has 1 aromatic carbocycles. The van der Waals surface area contributed by atoms with E-state index in [0.717, 1.165) is 0 Å². The lowest BCUT2D eigenvalue weighted by Crippen LogP contribution is -2.04. The van der Waals surface area contributed by atoms with Crippen LogP contribution in [0.3, 0.4) is 0 Å². The summed E-state index contributed by atoms with van der Waals surface area (Å²) in [6, 6.07) is 4.67. The minimum absolute atomic E-state index is 0.152. The van der Waals surface area contributed by atoms with E-state index in [2.05, 4.69) is 0 Å². The highest BCUT2D eigenvalue weighted by molar-refractivity contribution is 5.48. The van der Waals surface area contributed by atoms with Crippen LogP contribution >= 0.6 is 0 Å². The summed E-state index contributed by atoms with van der Waals surface area (Å²) >= 11 is 0. The van der Waals surface area contributed by atoms with Crippen molar-refractivity contribution >= 4 is 0 Å². The summed E-state index contributed by atoms with van der Waals surface area (Å²) in [6.07, 6.45) is 0. The third kappa shape index (κ3) is 2.54. The first-order valence-electron chi connectivity index (χ1n) is 4.25. The fourth-order valence-electron chi connectivity index (χ4n) is 0.884. The first-order chi connectivity index (χ1) is 6.11.